The van der Waals surface area contributed by atoms with E-state index in [1.54, 1.807) is 17.4 Å². The van der Waals surface area contributed by atoms with Crippen molar-refractivity contribution in [2.24, 2.45) is 0 Å². The third-order valence-electron chi connectivity index (χ3n) is 2.69. The molecule has 0 bridgehead atoms. The maximum atomic E-state index is 13.7. The van der Waals surface area contributed by atoms with E-state index in [-0.39, 0.29) is 17.3 Å². The van der Waals surface area contributed by atoms with Crippen molar-refractivity contribution in [3.63, 3.8) is 0 Å². The van der Waals surface area contributed by atoms with Gasteiger partial charge < -0.3 is 5.32 Å². The Hall–Kier alpha value is -1.93. The van der Waals surface area contributed by atoms with E-state index in [9.17, 15) is 8.78 Å². The zero-order valence-corrected chi connectivity index (χ0v) is 11.1. The summed E-state index contributed by atoms with van der Waals surface area (Å²) in [5.74, 6) is -2.10. The van der Waals surface area contributed by atoms with Gasteiger partial charge in [0.05, 0.1) is 11.3 Å². The average molecular weight is 278 g/mol. The van der Waals surface area contributed by atoms with Crippen LogP contribution in [0.5, 0.6) is 0 Å². The lowest BCUT2D eigenvalue weighted by molar-refractivity contribution is 0.507. The van der Waals surface area contributed by atoms with Gasteiger partial charge in [0.25, 0.3) is 0 Å². The number of nitrogens with one attached hydrogen (secondary N) is 1. The van der Waals surface area contributed by atoms with E-state index in [4.69, 9.17) is 5.26 Å². The Labute approximate surface area is 114 Å². The van der Waals surface area contributed by atoms with Gasteiger partial charge in [-0.3, -0.25) is 0 Å². The SMILES string of the molecule is CC(Cc1cccs1)Nc1ccc(C#N)c(F)c1F. The zero-order chi connectivity index (χ0) is 13.8. The molecule has 1 aromatic carbocycles. The van der Waals surface area contributed by atoms with Crippen molar-refractivity contribution >= 4 is 17.0 Å². The average Bonchev–Trinajstić information content (AvgIpc) is 2.88. The minimum absolute atomic E-state index is 0.0273. The molecule has 98 valence electrons. The molecule has 1 N–H and O–H groups in total. The first-order valence-electron chi connectivity index (χ1n) is 5.79. The molecular weight excluding hydrogens is 266 g/mol. The number of rotatable bonds is 4. The van der Waals surface area contributed by atoms with Crippen molar-refractivity contribution in [1.29, 1.82) is 5.26 Å². The summed E-state index contributed by atoms with van der Waals surface area (Å²) in [6.07, 6.45) is 0.735. The van der Waals surface area contributed by atoms with E-state index in [2.05, 4.69) is 5.32 Å². The molecule has 0 aliphatic carbocycles. The molecule has 1 unspecified atom stereocenters. The molecule has 0 saturated heterocycles. The predicted molar refractivity (Wildman–Crippen MR) is 72.2 cm³/mol. The molecule has 0 radical (unpaired) electrons. The van der Waals surface area contributed by atoms with Gasteiger partial charge in [-0.25, -0.2) is 8.78 Å². The molecule has 0 spiro atoms. The van der Waals surface area contributed by atoms with Crippen LogP contribution in [0.2, 0.25) is 0 Å². The molecule has 1 atom stereocenters. The molecule has 2 nitrogen and oxygen atoms in total. The second-order valence-electron chi connectivity index (χ2n) is 4.23. The zero-order valence-electron chi connectivity index (χ0n) is 10.3. The Morgan fingerprint density at radius 3 is 2.74 bits per heavy atom. The second kappa shape index (κ2) is 5.81. The summed E-state index contributed by atoms with van der Waals surface area (Å²) in [4.78, 5) is 1.18. The van der Waals surface area contributed by atoms with Crippen molar-refractivity contribution < 1.29 is 8.78 Å². The normalized spacial score (nSPS) is 11.9. The fraction of sp³-hybridized carbons (Fsp3) is 0.214. The molecule has 2 aromatic rings. The molecule has 0 fully saturated rings. The largest absolute Gasteiger partial charge is 0.380 e. The molecular formula is C14H12F2N2S. The summed E-state index contributed by atoms with van der Waals surface area (Å²) in [7, 11) is 0. The van der Waals surface area contributed by atoms with Gasteiger partial charge in [-0.15, -0.1) is 11.3 Å². The van der Waals surface area contributed by atoms with Gasteiger partial charge in [-0.2, -0.15) is 5.26 Å². The highest BCUT2D eigenvalue weighted by Gasteiger charge is 2.14. The maximum Gasteiger partial charge on any atom is 0.183 e. The van der Waals surface area contributed by atoms with Crippen LogP contribution in [0.25, 0.3) is 0 Å². The van der Waals surface area contributed by atoms with Crippen molar-refractivity contribution in [3.05, 3.63) is 51.7 Å². The van der Waals surface area contributed by atoms with Gasteiger partial charge >= 0.3 is 0 Å². The van der Waals surface area contributed by atoms with Crippen LogP contribution >= 0.6 is 11.3 Å². The quantitative estimate of drug-likeness (QED) is 0.919. The van der Waals surface area contributed by atoms with Crippen LogP contribution in [0, 0.1) is 23.0 Å². The van der Waals surface area contributed by atoms with Crippen molar-refractivity contribution in [2.75, 3.05) is 5.32 Å². The fourth-order valence-electron chi connectivity index (χ4n) is 1.79. The number of hydrogen-bond donors (Lipinski definition) is 1. The summed E-state index contributed by atoms with van der Waals surface area (Å²) < 4.78 is 27.2. The first kappa shape index (κ1) is 13.5. The van der Waals surface area contributed by atoms with Crippen LogP contribution < -0.4 is 5.32 Å². The van der Waals surface area contributed by atoms with Crippen LogP contribution in [0.1, 0.15) is 17.4 Å². The second-order valence-corrected chi connectivity index (χ2v) is 5.26. The molecule has 2 rings (SSSR count). The number of benzene rings is 1. The van der Waals surface area contributed by atoms with Crippen LogP contribution in [0.3, 0.4) is 0 Å². The van der Waals surface area contributed by atoms with E-state index < -0.39 is 11.6 Å². The maximum absolute atomic E-state index is 13.7. The Morgan fingerprint density at radius 2 is 2.11 bits per heavy atom. The Balaban J connectivity index is 2.11. The van der Waals surface area contributed by atoms with Crippen molar-refractivity contribution in [1.82, 2.24) is 0 Å². The summed E-state index contributed by atoms with van der Waals surface area (Å²) >= 11 is 1.62. The summed E-state index contributed by atoms with van der Waals surface area (Å²) in [6, 6.07) is 8.20. The molecule has 0 saturated carbocycles. The predicted octanol–water partition coefficient (Wildman–Crippen LogP) is 3.94. The number of hydrogen-bond acceptors (Lipinski definition) is 3. The number of anilines is 1. The molecule has 5 heteroatoms. The Kier molecular flexibility index (Phi) is 4.13. The lowest BCUT2D eigenvalue weighted by Gasteiger charge is -2.15. The lowest BCUT2D eigenvalue weighted by atomic mass is 10.1. The summed E-state index contributed by atoms with van der Waals surface area (Å²) in [5, 5.41) is 13.5. The first-order valence-corrected chi connectivity index (χ1v) is 6.66. The molecule has 0 amide bonds. The molecule has 0 aliphatic heterocycles. The summed E-state index contributed by atoms with van der Waals surface area (Å²) in [6.45, 7) is 1.90. The van der Waals surface area contributed by atoms with Crippen molar-refractivity contribution in [2.45, 2.75) is 19.4 Å². The topological polar surface area (TPSA) is 35.8 Å². The van der Waals surface area contributed by atoms with E-state index in [1.165, 1.54) is 17.0 Å². The van der Waals surface area contributed by atoms with Crippen LogP contribution in [-0.2, 0) is 6.42 Å². The fourth-order valence-corrected chi connectivity index (χ4v) is 2.63. The van der Waals surface area contributed by atoms with E-state index >= 15 is 0 Å². The highest BCUT2D eigenvalue weighted by Crippen LogP contribution is 2.22. The number of thiophene rings is 1. The minimum Gasteiger partial charge on any atom is -0.380 e. The van der Waals surface area contributed by atoms with Gasteiger partial charge in [-0.05, 0) is 30.5 Å². The number of nitrogens with zero attached hydrogens (tertiary/aromatic N) is 1. The highest BCUT2D eigenvalue weighted by molar-refractivity contribution is 7.09. The monoisotopic (exact) mass is 278 g/mol. The van der Waals surface area contributed by atoms with Gasteiger partial charge in [0.15, 0.2) is 11.6 Å². The third-order valence-corrected chi connectivity index (χ3v) is 3.59. The van der Waals surface area contributed by atoms with Crippen LogP contribution in [0.15, 0.2) is 29.6 Å². The Bertz CT molecular complexity index is 603. The Morgan fingerprint density at radius 1 is 1.32 bits per heavy atom. The minimum atomic E-state index is -1.10. The van der Waals surface area contributed by atoms with E-state index in [1.807, 2.05) is 24.4 Å². The smallest absolute Gasteiger partial charge is 0.183 e. The molecule has 0 aliphatic rings. The van der Waals surface area contributed by atoms with Crippen LogP contribution in [-0.4, -0.2) is 6.04 Å². The first-order chi connectivity index (χ1) is 9.11. The number of halogens is 2. The molecule has 1 heterocycles. The van der Waals surface area contributed by atoms with E-state index in [0.717, 1.165) is 6.42 Å². The molecule has 1 aromatic heterocycles. The van der Waals surface area contributed by atoms with Gasteiger partial charge in [0, 0.05) is 17.3 Å². The number of nitriles is 1. The van der Waals surface area contributed by atoms with Crippen molar-refractivity contribution in [3.8, 4) is 6.07 Å². The van der Waals surface area contributed by atoms with Gasteiger partial charge in [0.2, 0.25) is 0 Å². The lowest BCUT2D eigenvalue weighted by Crippen LogP contribution is -2.18. The standard InChI is InChI=1S/C14H12F2N2S/c1-9(7-11-3-2-6-19-11)18-12-5-4-10(8-17)13(15)14(12)16/h2-6,9,18H,7H2,1H3. The van der Waals surface area contributed by atoms with Gasteiger partial charge in [0.1, 0.15) is 6.07 Å². The third kappa shape index (κ3) is 3.09. The van der Waals surface area contributed by atoms with E-state index in [0.29, 0.717) is 0 Å². The molecule has 19 heavy (non-hydrogen) atoms. The van der Waals surface area contributed by atoms with Crippen LogP contribution in [0.4, 0.5) is 14.5 Å². The highest BCUT2D eigenvalue weighted by atomic mass is 32.1. The van der Waals surface area contributed by atoms with Gasteiger partial charge in [-0.1, -0.05) is 6.07 Å². The summed E-state index contributed by atoms with van der Waals surface area (Å²) in [5.41, 5.74) is -0.200.